The summed E-state index contributed by atoms with van der Waals surface area (Å²) in [5.74, 6) is 1.56. The zero-order chi connectivity index (χ0) is 18.1. The molecule has 1 saturated heterocycles. The molecular formula is C20H23N3O2. The normalized spacial score (nSPS) is 17.2. The predicted octanol–water partition coefficient (Wildman–Crippen LogP) is 2.17. The number of anilines is 1. The van der Waals surface area contributed by atoms with Crippen LogP contribution in [0.15, 0.2) is 17.7 Å². The molecule has 0 unspecified atom stereocenters. The van der Waals surface area contributed by atoms with E-state index < -0.39 is 0 Å². The molecule has 0 aromatic heterocycles. The van der Waals surface area contributed by atoms with Crippen LogP contribution >= 0.6 is 0 Å². The van der Waals surface area contributed by atoms with Crippen LogP contribution in [0.2, 0.25) is 0 Å². The van der Waals surface area contributed by atoms with Gasteiger partial charge in [-0.15, -0.1) is 6.42 Å². The SMILES string of the molecule is C#CC(=O)N1CCC(Nc2ccc(C(N)=O)c3c2C(C)=C(C)C3)CC1. The zero-order valence-electron chi connectivity index (χ0n) is 14.7. The summed E-state index contributed by atoms with van der Waals surface area (Å²) in [6, 6.07) is 4.03. The molecule has 3 N–H and O–H groups in total. The monoisotopic (exact) mass is 337 g/mol. The van der Waals surface area contributed by atoms with Crippen molar-refractivity contribution < 1.29 is 9.59 Å². The quantitative estimate of drug-likeness (QED) is 0.830. The minimum absolute atomic E-state index is 0.237. The number of amides is 2. The summed E-state index contributed by atoms with van der Waals surface area (Å²) in [5, 5.41) is 3.60. The van der Waals surface area contributed by atoms with Crippen molar-refractivity contribution in [2.45, 2.75) is 39.2 Å². The lowest BCUT2D eigenvalue weighted by atomic mass is 9.96. The van der Waals surface area contributed by atoms with Gasteiger partial charge in [0.25, 0.3) is 5.91 Å². The molecule has 130 valence electrons. The Morgan fingerprint density at radius 1 is 1.28 bits per heavy atom. The second-order valence-corrected chi connectivity index (χ2v) is 6.82. The van der Waals surface area contributed by atoms with Crippen molar-refractivity contribution >= 4 is 23.1 Å². The van der Waals surface area contributed by atoms with Gasteiger partial charge in [0.2, 0.25) is 5.91 Å². The van der Waals surface area contributed by atoms with Gasteiger partial charge in [-0.1, -0.05) is 5.57 Å². The first-order valence-corrected chi connectivity index (χ1v) is 8.56. The summed E-state index contributed by atoms with van der Waals surface area (Å²) in [7, 11) is 0. The number of carbonyl (C=O) groups excluding carboxylic acids is 2. The van der Waals surface area contributed by atoms with Crippen molar-refractivity contribution in [1.29, 1.82) is 0 Å². The van der Waals surface area contributed by atoms with E-state index in [1.165, 1.54) is 11.1 Å². The Morgan fingerprint density at radius 2 is 1.96 bits per heavy atom. The van der Waals surface area contributed by atoms with Crippen LogP contribution in [0.1, 0.15) is 48.2 Å². The Labute approximate surface area is 148 Å². The summed E-state index contributed by atoms with van der Waals surface area (Å²) in [4.78, 5) is 25.0. The average Bonchev–Trinajstić information content (AvgIpc) is 2.90. The highest BCUT2D eigenvalue weighted by atomic mass is 16.2. The number of nitrogens with one attached hydrogen (secondary N) is 1. The molecule has 0 atom stereocenters. The highest BCUT2D eigenvalue weighted by Gasteiger charge is 2.27. The van der Waals surface area contributed by atoms with E-state index in [1.807, 2.05) is 12.1 Å². The molecule has 1 heterocycles. The third kappa shape index (κ3) is 3.12. The molecule has 2 amide bonds. The third-order valence-electron chi connectivity index (χ3n) is 5.30. The van der Waals surface area contributed by atoms with E-state index in [-0.39, 0.29) is 17.9 Å². The first kappa shape index (κ1) is 17.1. The van der Waals surface area contributed by atoms with Gasteiger partial charge in [0.15, 0.2) is 0 Å². The van der Waals surface area contributed by atoms with Gasteiger partial charge >= 0.3 is 0 Å². The Hall–Kier alpha value is -2.74. The number of nitrogens with two attached hydrogens (primary N) is 1. The Balaban J connectivity index is 1.81. The van der Waals surface area contributed by atoms with Crippen LogP contribution < -0.4 is 11.1 Å². The molecule has 1 aromatic carbocycles. The molecule has 3 rings (SSSR count). The van der Waals surface area contributed by atoms with Crippen molar-refractivity contribution in [2.24, 2.45) is 5.73 Å². The highest BCUT2D eigenvalue weighted by molar-refractivity contribution is 5.99. The fourth-order valence-electron chi connectivity index (χ4n) is 3.76. The molecule has 0 radical (unpaired) electrons. The van der Waals surface area contributed by atoms with Gasteiger partial charge < -0.3 is 16.0 Å². The molecule has 25 heavy (non-hydrogen) atoms. The number of allylic oxidation sites excluding steroid dienone is 2. The number of nitrogens with zero attached hydrogens (tertiary/aromatic N) is 1. The van der Waals surface area contributed by atoms with Crippen molar-refractivity contribution in [3.05, 3.63) is 34.4 Å². The highest BCUT2D eigenvalue weighted by Crippen LogP contribution is 2.39. The number of terminal acetylenes is 1. The Kier molecular flexibility index (Phi) is 4.54. The van der Waals surface area contributed by atoms with E-state index in [2.05, 4.69) is 25.1 Å². The van der Waals surface area contributed by atoms with Gasteiger partial charge in [0.05, 0.1) is 0 Å². The number of primary amides is 1. The third-order valence-corrected chi connectivity index (χ3v) is 5.30. The van der Waals surface area contributed by atoms with E-state index in [0.717, 1.165) is 36.1 Å². The molecule has 1 fully saturated rings. The van der Waals surface area contributed by atoms with Gasteiger partial charge in [0.1, 0.15) is 0 Å². The number of likely N-dealkylation sites (tertiary alicyclic amines) is 1. The zero-order valence-corrected chi connectivity index (χ0v) is 14.7. The lowest BCUT2D eigenvalue weighted by Gasteiger charge is -2.32. The van der Waals surface area contributed by atoms with Gasteiger partial charge in [-0.2, -0.15) is 0 Å². The summed E-state index contributed by atoms with van der Waals surface area (Å²) in [5.41, 5.74) is 11.8. The van der Waals surface area contributed by atoms with Gasteiger partial charge in [0, 0.05) is 35.9 Å². The van der Waals surface area contributed by atoms with E-state index in [4.69, 9.17) is 12.2 Å². The Morgan fingerprint density at radius 3 is 2.56 bits per heavy atom. The maximum absolute atomic E-state index is 11.7. The van der Waals surface area contributed by atoms with E-state index in [0.29, 0.717) is 18.7 Å². The Bertz CT molecular complexity index is 809. The first-order valence-electron chi connectivity index (χ1n) is 8.56. The molecule has 1 aliphatic carbocycles. The molecule has 1 aliphatic heterocycles. The molecule has 5 heteroatoms. The number of rotatable bonds is 3. The van der Waals surface area contributed by atoms with Crippen LogP contribution in [0, 0.1) is 12.3 Å². The molecule has 0 saturated carbocycles. The number of hydrogen-bond donors (Lipinski definition) is 2. The van der Waals surface area contributed by atoms with Gasteiger partial charge in [-0.25, -0.2) is 0 Å². The standard InChI is InChI=1S/C20H23N3O2/c1-4-18(24)23-9-7-14(8-10-23)22-17-6-5-15(20(21)25)16-11-12(2)13(3)19(16)17/h1,5-6,14,22H,7-11H2,2-3H3,(H2,21,25). The largest absolute Gasteiger partial charge is 0.382 e. The van der Waals surface area contributed by atoms with Crippen molar-refractivity contribution in [3.63, 3.8) is 0 Å². The van der Waals surface area contributed by atoms with Crippen LogP contribution in [0.25, 0.3) is 5.57 Å². The van der Waals surface area contributed by atoms with Crippen LogP contribution in [0.4, 0.5) is 5.69 Å². The predicted molar refractivity (Wildman–Crippen MR) is 99.0 cm³/mol. The number of hydrogen-bond acceptors (Lipinski definition) is 3. The average molecular weight is 337 g/mol. The van der Waals surface area contributed by atoms with Crippen LogP contribution in [0.5, 0.6) is 0 Å². The first-order chi connectivity index (χ1) is 11.9. The van der Waals surface area contributed by atoms with Crippen LogP contribution in [0.3, 0.4) is 0 Å². The van der Waals surface area contributed by atoms with E-state index in [9.17, 15) is 9.59 Å². The second kappa shape index (κ2) is 6.64. The number of carbonyl (C=O) groups is 2. The number of benzene rings is 1. The van der Waals surface area contributed by atoms with Crippen LogP contribution in [-0.2, 0) is 11.2 Å². The topological polar surface area (TPSA) is 75.4 Å². The minimum Gasteiger partial charge on any atom is -0.382 e. The summed E-state index contributed by atoms with van der Waals surface area (Å²) < 4.78 is 0. The van der Waals surface area contributed by atoms with Crippen molar-refractivity contribution in [2.75, 3.05) is 18.4 Å². The summed E-state index contributed by atoms with van der Waals surface area (Å²) >= 11 is 0. The molecule has 0 spiro atoms. The van der Waals surface area contributed by atoms with E-state index in [1.54, 1.807) is 4.90 Å². The molecule has 0 bridgehead atoms. The lowest BCUT2D eigenvalue weighted by molar-refractivity contribution is -0.126. The van der Waals surface area contributed by atoms with E-state index >= 15 is 0 Å². The van der Waals surface area contributed by atoms with Gasteiger partial charge in [-0.3, -0.25) is 9.59 Å². The lowest BCUT2D eigenvalue weighted by Crippen LogP contribution is -2.42. The summed E-state index contributed by atoms with van der Waals surface area (Å²) in [6.45, 7) is 5.51. The van der Waals surface area contributed by atoms with Crippen LogP contribution in [-0.4, -0.2) is 35.8 Å². The minimum atomic E-state index is -0.383. The fourth-order valence-corrected chi connectivity index (χ4v) is 3.76. The maximum Gasteiger partial charge on any atom is 0.298 e. The second-order valence-electron chi connectivity index (χ2n) is 6.82. The van der Waals surface area contributed by atoms with Gasteiger partial charge in [-0.05, 0) is 62.3 Å². The molecular weight excluding hydrogens is 314 g/mol. The maximum atomic E-state index is 11.7. The van der Waals surface area contributed by atoms with Crippen molar-refractivity contribution in [1.82, 2.24) is 4.90 Å². The number of piperidine rings is 1. The fraction of sp³-hybridized carbons (Fsp3) is 0.400. The molecule has 2 aliphatic rings. The molecule has 1 aromatic rings. The number of fused-ring (bicyclic) bond motifs is 1. The van der Waals surface area contributed by atoms with Crippen molar-refractivity contribution in [3.8, 4) is 12.3 Å². The smallest absolute Gasteiger partial charge is 0.298 e. The molecule has 5 nitrogen and oxygen atoms in total. The summed E-state index contributed by atoms with van der Waals surface area (Å²) in [6.07, 6.45) is 7.66.